The molecule has 9 heteroatoms. The van der Waals surface area contributed by atoms with Gasteiger partial charge < -0.3 is 10.3 Å². The number of fused-ring (bicyclic) bond motifs is 1. The van der Waals surface area contributed by atoms with E-state index in [4.69, 9.17) is 0 Å². The van der Waals surface area contributed by atoms with Crippen LogP contribution >= 0.6 is 23.1 Å². The van der Waals surface area contributed by atoms with E-state index in [-0.39, 0.29) is 12.4 Å². The number of imide groups is 1. The first-order valence-electron chi connectivity index (χ1n) is 8.82. The predicted molar refractivity (Wildman–Crippen MR) is 112 cm³/mol. The number of benzene rings is 1. The average molecular weight is 429 g/mol. The van der Waals surface area contributed by atoms with Crippen molar-refractivity contribution in [2.24, 2.45) is 0 Å². The van der Waals surface area contributed by atoms with Gasteiger partial charge in [-0.1, -0.05) is 6.07 Å². The molecule has 0 saturated carbocycles. The number of aromatic amines is 1. The quantitative estimate of drug-likeness (QED) is 0.585. The van der Waals surface area contributed by atoms with Crippen LogP contribution in [0.3, 0.4) is 0 Å². The third-order valence-electron chi connectivity index (χ3n) is 4.44. The van der Waals surface area contributed by atoms with E-state index in [1.54, 1.807) is 18.3 Å². The Labute approximate surface area is 173 Å². The zero-order chi connectivity index (χ0) is 20.4. The number of hydrogen-bond acceptors (Lipinski definition) is 5. The van der Waals surface area contributed by atoms with E-state index in [0.717, 1.165) is 38.0 Å². The number of carbonyl (C=O) groups is 3. The van der Waals surface area contributed by atoms with E-state index in [9.17, 15) is 18.8 Å². The van der Waals surface area contributed by atoms with Crippen molar-refractivity contribution in [3.63, 3.8) is 0 Å². The Balaban J connectivity index is 1.33. The summed E-state index contributed by atoms with van der Waals surface area (Å²) >= 11 is 2.29. The summed E-state index contributed by atoms with van der Waals surface area (Å²) in [4.78, 5) is 41.9. The highest BCUT2D eigenvalue weighted by atomic mass is 32.2. The summed E-state index contributed by atoms with van der Waals surface area (Å²) in [5, 5.41) is 4.90. The molecule has 0 bridgehead atoms. The van der Waals surface area contributed by atoms with Gasteiger partial charge in [0.15, 0.2) is 0 Å². The van der Waals surface area contributed by atoms with Crippen LogP contribution in [-0.2, 0) is 16.0 Å². The minimum atomic E-state index is -0.462. The molecule has 4 rings (SSSR count). The van der Waals surface area contributed by atoms with E-state index in [0.29, 0.717) is 17.9 Å². The Morgan fingerprint density at radius 1 is 1.28 bits per heavy atom. The van der Waals surface area contributed by atoms with Crippen LogP contribution in [0.5, 0.6) is 0 Å². The van der Waals surface area contributed by atoms with E-state index >= 15 is 0 Å². The number of amides is 3. The van der Waals surface area contributed by atoms with Crippen LogP contribution < -0.4 is 5.32 Å². The fraction of sp³-hybridized carbons (Fsp3) is 0.150. The molecule has 148 valence electrons. The molecule has 1 fully saturated rings. The first-order valence-corrected chi connectivity index (χ1v) is 10.5. The second-order valence-electron chi connectivity index (χ2n) is 6.39. The molecular formula is C20H16FN3O3S2. The monoisotopic (exact) mass is 429 g/mol. The molecule has 3 aromatic rings. The van der Waals surface area contributed by atoms with Gasteiger partial charge in [-0.15, -0.1) is 11.3 Å². The Kier molecular flexibility index (Phi) is 5.50. The Morgan fingerprint density at radius 2 is 2.14 bits per heavy atom. The van der Waals surface area contributed by atoms with Crippen LogP contribution in [-0.4, -0.2) is 40.0 Å². The number of H-pyrrole nitrogens is 1. The van der Waals surface area contributed by atoms with Gasteiger partial charge in [0.1, 0.15) is 12.4 Å². The Bertz CT molecular complexity index is 1120. The van der Waals surface area contributed by atoms with Gasteiger partial charge in [0.2, 0.25) is 5.91 Å². The summed E-state index contributed by atoms with van der Waals surface area (Å²) in [5.74, 6) is -1.20. The van der Waals surface area contributed by atoms with Crippen molar-refractivity contribution in [1.82, 2.24) is 15.2 Å². The molecule has 1 saturated heterocycles. The third-order valence-corrected chi connectivity index (χ3v) is 6.16. The summed E-state index contributed by atoms with van der Waals surface area (Å²) in [7, 11) is 0. The lowest BCUT2D eigenvalue weighted by molar-refractivity contribution is -0.129. The number of thioether (sulfide) groups is 1. The summed E-state index contributed by atoms with van der Waals surface area (Å²) in [6.07, 6.45) is 3.93. The van der Waals surface area contributed by atoms with Crippen molar-refractivity contribution in [3.05, 3.63) is 63.1 Å². The van der Waals surface area contributed by atoms with Crippen LogP contribution in [0, 0.1) is 5.82 Å². The summed E-state index contributed by atoms with van der Waals surface area (Å²) in [5.41, 5.74) is 1.70. The maximum absolute atomic E-state index is 13.4. The molecule has 2 N–H and O–H groups in total. The zero-order valence-corrected chi connectivity index (χ0v) is 16.7. The average Bonchev–Trinajstić information content (AvgIpc) is 3.40. The highest BCUT2D eigenvalue weighted by Crippen LogP contribution is 2.32. The van der Waals surface area contributed by atoms with Gasteiger partial charge in [-0.25, -0.2) is 4.39 Å². The maximum Gasteiger partial charge on any atom is 0.294 e. The van der Waals surface area contributed by atoms with Crippen molar-refractivity contribution in [2.45, 2.75) is 6.42 Å². The maximum atomic E-state index is 13.4. The van der Waals surface area contributed by atoms with E-state index in [1.807, 2.05) is 17.5 Å². The molecule has 3 heterocycles. The highest BCUT2D eigenvalue weighted by molar-refractivity contribution is 8.18. The molecule has 0 spiro atoms. The van der Waals surface area contributed by atoms with Crippen molar-refractivity contribution in [3.8, 4) is 0 Å². The molecule has 6 nitrogen and oxygen atoms in total. The van der Waals surface area contributed by atoms with Crippen molar-refractivity contribution >= 4 is 57.1 Å². The fourth-order valence-electron chi connectivity index (χ4n) is 3.03. The number of hydrogen-bond donors (Lipinski definition) is 2. The molecular weight excluding hydrogens is 413 g/mol. The largest absolute Gasteiger partial charge is 0.361 e. The topological polar surface area (TPSA) is 82.3 Å². The molecule has 29 heavy (non-hydrogen) atoms. The molecule has 0 radical (unpaired) electrons. The molecule has 3 amide bonds. The molecule has 0 atom stereocenters. The summed E-state index contributed by atoms with van der Waals surface area (Å²) in [6.45, 7) is -0.0154. The molecule has 0 aliphatic carbocycles. The van der Waals surface area contributed by atoms with Crippen molar-refractivity contribution in [2.75, 3.05) is 13.1 Å². The number of rotatable bonds is 6. The Hall–Kier alpha value is -2.91. The normalized spacial score (nSPS) is 15.6. The third kappa shape index (κ3) is 4.25. The summed E-state index contributed by atoms with van der Waals surface area (Å²) < 4.78 is 13.4. The number of halogens is 1. The SMILES string of the molecule is O=C(CN1C(=O)SC(=Cc2cccs2)C1=O)NCCc1c[nH]c2ccc(F)cc12. The molecule has 0 unspecified atom stereocenters. The first kappa shape index (κ1) is 19.4. The van der Waals surface area contributed by atoms with Crippen molar-refractivity contribution < 1.29 is 18.8 Å². The lowest BCUT2D eigenvalue weighted by Gasteiger charge is -2.12. The van der Waals surface area contributed by atoms with Gasteiger partial charge in [-0.2, -0.15) is 0 Å². The standard InChI is InChI=1S/C20H16FN3O3S2/c21-13-3-4-16-15(8-13)12(10-23-16)5-6-22-18(25)11-24-19(26)17(29-20(24)27)9-14-2-1-7-28-14/h1-4,7-10,23H,5-6,11H2,(H,22,25). The predicted octanol–water partition coefficient (Wildman–Crippen LogP) is 3.76. The zero-order valence-electron chi connectivity index (χ0n) is 15.1. The van der Waals surface area contributed by atoms with Gasteiger partial charge >= 0.3 is 0 Å². The number of thiophene rings is 1. The van der Waals surface area contributed by atoms with Gasteiger partial charge in [0.05, 0.1) is 4.91 Å². The van der Waals surface area contributed by atoms with Crippen LogP contribution in [0.1, 0.15) is 10.4 Å². The minimum Gasteiger partial charge on any atom is -0.361 e. The van der Waals surface area contributed by atoms with Crippen LogP contribution in [0.2, 0.25) is 0 Å². The summed E-state index contributed by atoms with van der Waals surface area (Å²) in [6, 6.07) is 8.20. The molecule has 1 aliphatic heterocycles. The lowest BCUT2D eigenvalue weighted by atomic mass is 10.1. The number of carbonyl (C=O) groups excluding carboxylic acids is 3. The minimum absolute atomic E-state index is 0.309. The van der Waals surface area contributed by atoms with Gasteiger partial charge in [0.25, 0.3) is 11.1 Å². The van der Waals surface area contributed by atoms with Crippen molar-refractivity contribution in [1.29, 1.82) is 0 Å². The molecule has 1 aliphatic rings. The smallest absolute Gasteiger partial charge is 0.294 e. The lowest BCUT2D eigenvalue weighted by Crippen LogP contribution is -2.40. The molecule has 2 aromatic heterocycles. The van der Waals surface area contributed by atoms with Crippen LogP contribution in [0.25, 0.3) is 17.0 Å². The number of nitrogens with one attached hydrogen (secondary N) is 2. The second-order valence-corrected chi connectivity index (χ2v) is 8.36. The van der Waals surface area contributed by atoms with Gasteiger partial charge in [-0.3, -0.25) is 19.3 Å². The number of nitrogens with zero attached hydrogens (tertiary/aromatic N) is 1. The first-order chi connectivity index (χ1) is 14.0. The van der Waals surface area contributed by atoms with Crippen LogP contribution in [0.4, 0.5) is 9.18 Å². The Morgan fingerprint density at radius 3 is 2.93 bits per heavy atom. The molecule has 1 aromatic carbocycles. The van der Waals surface area contributed by atoms with Gasteiger partial charge in [-0.05, 0) is 59.5 Å². The second kappa shape index (κ2) is 8.22. The van der Waals surface area contributed by atoms with E-state index in [1.165, 1.54) is 23.5 Å². The number of aromatic nitrogens is 1. The van der Waals surface area contributed by atoms with Gasteiger partial charge in [0, 0.05) is 28.5 Å². The van der Waals surface area contributed by atoms with Crippen LogP contribution in [0.15, 0.2) is 46.8 Å². The van der Waals surface area contributed by atoms with E-state index in [2.05, 4.69) is 10.3 Å². The fourth-order valence-corrected chi connectivity index (χ4v) is 4.59. The highest BCUT2D eigenvalue weighted by Gasteiger charge is 2.36. The van der Waals surface area contributed by atoms with E-state index < -0.39 is 17.1 Å².